The van der Waals surface area contributed by atoms with Gasteiger partial charge in [-0.05, 0) is 57.8 Å². The molecule has 1 aliphatic rings. The fourth-order valence-corrected chi connectivity index (χ4v) is 3.80. The molecule has 4 heteroatoms. The summed E-state index contributed by atoms with van der Waals surface area (Å²) in [5.74, 6) is 0.772. The van der Waals surface area contributed by atoms with E-state index in [0.29, 0.717) is 18.0 Å². The first-order valence-electron chi connectivity index (χ1n) is 9.24. The molecule has 0 radical (unpaired) electrons. The van der Waals surface area contributed by atoms with Crippen LogP contribution in [0.1, 0.15) is 74.1 Å². The van der Waals surface area contributed by atoms with Crippen LogP contribution in [0.2, 0.25) is 0 Å². The van der Waals surface area contributed by atoms with Crippen LogP contribution in [0.5, 0.6) is 0 Å². The first-order valence-corrected chi connectivity index (χ1v) is 9.24. The molecule has 0 aromatic carbocycles. The molecule has 0 aromatic rings. The molecule has 1 fully saturated rings. The highest BCUT2D eigenvalue weighted by Gasteiger charge is 2.31. The second-order valence-electron chi connectivity index (χ2n) is 9.03. The van der Waals surface area contributed by atoms with Gasteiger partial charge in [0.15, 0.2) is 0 Å². The molecular weight excluding hydrogens is 288 g/mol. The summed E-state index contributed by atoms with van der Waals surface area (Å²) < 4.78 is 5.50. The van der Waals surface area contributed by atoms with Crippen molar-refractivity contribution in [1.29, 1.82) is 0 Å². The lowest BCUT2D eigenvalue weighted by atomic mass is 9.70. The van der Waals surface area contributed by atoms with Gasteiger partial charge in [0.05, 0.1) is 0 Å². The standard InChI is InChI=1S/C19H38N2O2/c1-8-10-21(17(22)23-18(3,4)5)11-9-20-16-12-15(2)13-19(6,7)14-16/h15-16,20H,8-14H2,1-7H3. The SMILES string of the molecule is CCCN(CCNC1CC(C)CC(C)(C)C1)C(=O)OC(C)(C)C. The van der Waals surface area contributed by atoms with E-state index in [-0.39, 0.29) is 6.09 Å². The molecule has 136 valence electrons. The zero-order valence-electron chi connectivity index (χ0n) is 16.4. The molecule has 4 nitrogen and oxygen atoms in total. The molecule has 0 bridgehead atoms. The van der Waals surface area contributed by atoms with Gasteiger partial charge in [0.2, 0.25) is 0 Å². The van der Waals surface area contributed by atoms with Crippen molar-refractivity contribution in [3.8, 4) is 0 Å². The summed E-state index contributed by atoms with van der Waals surface area (Å²) in [6.45, 7) is 17.2. The van der Waals surface area contributed by atoms with Gasteiger partial charge < -0.3 is 15.0 Å². The number of rotatable bonds is 6. The number of hydrogen-bond acceptors (Lipinski definition) is 3. The zero-order valence-corrected chi connectivity index (χ0v) is 16.4. The highest BCUT2D eigenvalue weighted by Crippen LogP contribution is 2.38. The number of carbonyl (C=O) groups excluding carboxylic acids is 1. The molecule has 2 atom stereocenters. The third-order valence-corrected chi connectivity index (χ3v) is 4.35. The fourth-order valence-electron chi connectivity index (χ4n) is 3.80. The van der Waals surface area contributed by atoms with Crippen LogP contribution in [-0.2, 0) is 4.74 Å². The summed E-state index contributed by atoms with van der Waals surface area (Å²) >= 11 is 0. The first-order chi connectivity index (χ1) is 10.5. The molecule has 23 heavy (non-hydrogen) atoms. The topological polar surface area (TPSA) is 41.6 Å². The van der Waals surface area contributed by atoms with Crippen LogP contribution in [0.4, 0.5) is 4.79 Å². The second-order valence-corrected chi connectivity index (χ2v) is 9.03. The Morgan fingerprint density at radius 3 is 2.43 bits per heavy atom. The minimum atomic E-state index is -0.431. The number of amides is 1. The molecular formula is C19H38N2O2. The largest absolute Gasteiger partial charge is 0.444 e. The van der Waals surface area contributed by atoms with Gasteiger partial charge in [0, 0.05) is 25.7 Å². The van der Waals surface area contributed by atoms with Crippen molar-refractivity contribution in [3.63, 3.8) is 0 Å². The van der Waals surface area contributed by atoms with Crippen molar-refractivity contribution in [2.45, 2.75) is 85.8 Å². The maximum Gasteiger partial charge on any atom is 0.410 e. The normalized spacial score (nSPS) is 24.3. The highest BCUT2D eigenvalue weighted by atomic mass is 16.6. The van der Waals surface area contributed by atoms with Gasteiger partial charge in [0.25, 0.3) is 0 Å². The van der Waals surface area contributed by atoms with Crippen LogP contribution < -0.4 is 5.32 Å². The summed E-state index contributed by atoms with van der Waals surface area (Å²) in [7, 11) is 0. The Bertz CT molecular complexity index is 374. The van der Waals surface area contributed by atoms with Crippen molar-refractivity contribution in [2.24, 2.45) is 11.3 Å². The van der Waals surface area contributed by atoms with Gasteiger partial charge in [-0.25, -0.2) is 4.79 Å². The summed E-state index contributed by atoms with van der Waals surface area (Å²) in [5.41, 5.74) is -0.0110. The quantitative estimate of drug-likeness (QED) is 0.784. The van der Waals surface area contributed by atoms with Gasteiger partial charge in [-0.2, -0.15) is 0 Å². The lowest BCUT2D eigenvalue weighted by Gasteiger charge is -2.39. The maximum absolute atomic E-state index is 12.3. The van der Waals surface area contributed by atoms with Crippen LogP contribution in [-0.4, -0.2) is 42.3 Å². The molecule has 0 aliphatic heterocycles. The average molecular weight is 327 g/mol. The molecule has 0 aromatic heterocycles. The lowest BCUT2D eigenvalue weighted by molar-refractivity contribution is 0.0247. The van der Waals surface area contributed by atoms with Crippen LogP contribution in [0.15, 0.2) is 0 Å². The summed E-state index contributed by atoms with van der Waals surface area (Å²) in [6.07, 6.45) is 4.53. The lowest BCUT2D eigenvalue weighted by Crippen LogP contribution is -2.45. The minimum absolute atomic E-state index is 0.196. The molecule has 1 saturated carbocycles. The van der Waals surface area contributed by atoms with E-state index < -0.39 is 5.60 Å². The minimum Gasteiger partial charge on any atom is -0.444 e. The smallest absolute Gasteiger partial charge is 0.410 e. The predicted octanol–water partition coefficient (Wildman–Crippen LogP) is 4.44. The Labute approximate surface area is 143 Å². The maximum atomic E-state index is 12.3. The Hall–Kier alpha value is -0.770. The Balaban J connectivity index is 2.45. The van der Waals surface area contributed by atoms with Gasteiger partial charge in [-0.3, -0.25) is 0 Å². The van der Waals surface area contributed by atoms with E-state index >= 15 is 0 Å². The molecule has 0 spiro atoms. The monoisotopic (exact) mass is 326 g/mol. The molecule has 1 N–H and O–H groups in total. The number of ether oxygens (including phenoxy) is 1. The van der Waals surface area contributed by atoms with Gasteiger partial charge in [0.1, 0.15) is 5.60 Å². The zero-order chi connectivity index (χ0) is 17.7. The van der Waals surface area contributed by atoms with Crippen molar-refractivity contribution in [1.82, 2.24) is 10.2 Å². The molecule has 1 rings (SSSR count). The molecule has 2 unspecified atom stereocenters. The number of hydrogen-bond donors (Lipinski definition) is 1. The van der Waals surface area contributed by atoms with E-state index in [1.54, 1.807) is 0 Å². The van der Waals surface area contributed by atoms with Crippen LogP contribution in [0.25, 0.3) is 0 Å². The second kappa shape index (κ2) is 8.36. The van der Waals surface area contributed by atoms with Crippen molar-refractivity contribution < 1.29 is 9.53 Å². The molecule has 1 amide bonds. The van der Waals surface area contributed by atoms with E-state index in [1.165, 1.54) is 19.3 Å². The van der Waals surface area contributed by atoms with E-state index in [9.17, 15) is 4.79 Å². The Morgan fingerprint density at radius 1 is 1.26 bits per heavy atom. The van der Waals surface area contributed by atoms with Crippen LogP contribution >= 0.6 is 0 Å². The van der Waals surface area contributed by atoms with Crippen LogP contribution in [0, 0.1) is 11.3 Å². The highest BCUT2D eigenvalue weighted by molar-refractivity contribution is 5.68. The summed E-state index contributed by atoms with van der Waals surface area (Å²) in [4.78, 5) is 14.1. The number of nitrogens with zero attached hydrogens (tertiary/aromatic N) is 1. The number of nitrogens with one attached hydrogen (secondary N) is 1. The van der Waals surface area contributed by atoms with Crippen molar-refractivity contribution in [2.75, 3.05) is 19.6 Å². The van der Waals surface area contributed by atoms with Crippen LogP contribution in [0.3, 0.4) is 0 Å². The summed E-state index contributed by atoms with van der Waals surface area (Å²) in [6, 6.07) is 0.566. The Kier molecular flexibility index (Phi) is 7.37. The van der Waals surface area contributed by atoms with E-state index in [4.69, 9.17) is 4.74 Å². The number of carbonyl (C=O) groups is 1. The molecule has 0 heterocycles. The fraction of sp³-hybridized carbons (Fsp3) is 0.947. The Morgan fingerprint density at radius 2 is 1.91 bits per heavy atom. The predicted molar refractivity (Wildman–Crippen MR) is 96.7 cm³/mol. The molecule has 0 saturated heterocycles. The van der Waals surface area contributed by atoms with Gasteiger partial charge in [-0.15, -0.1) is 0 Å². The summed E-state index contributed by atoms with van der Waals surface area (Å²) in [5, 5.41) is 3.66. The van der Waals surface area contributed by atoms with Gasteiger partial charge in [-0.1, -0.05) is 27.7 Å². The van der Waals surface area contributed by atoms with Crippen molar-refractivity contribution >= 4 is 6.09 Å². The van der Waals surface area contributed by atoms with Gasteiger partial charge >= 0.3 is 6.09 Å². The van der Waals surface area contributed by atoms with E-state index in [0.717, 1.165) is 25.4 Å². The van der Waals surface area contributed by atoms with Crippen molar-refractivity contribution in [3.05, 3.63) is 0 Å². The molecule has 1 aliphatic carbocycles. The van der Waals surface area contributed by atoms with E-state index in [2.05, 4.69) is 33.0 Å². The van der Waals surface area contributed by atoms with E-state index in [1.807, 2.05) is 25.7 Å². The first kappa shape index (κ1) is 20.3. The third-order valence-electron chi connectivity index (χ3n) is 4.35. The third kappa shape index (κ3) is 8.05. The average Bonchev–Trinajstić information content (AvgIpc) is 2.33.